The van der Waals surface area contributed by atoms with E-state index < -0.39 is 0 Å². The normalized spacial score (nSPS) is 54.3. The molecule has 1 nitrogen and oxygen atoms in total. The fraction of sp³-hybridized carbons (Fsp3) is 0.857. The van der Waals surface area contributed by atoms with Crippen molar-refractivity contribution in [3.63, 3.8) is 0 Å². The van der Waals surface area contributed by atoms with Crippen LogP contribution in [0.3, 0.4) is 0 Å². The predicted octanol–water partition coefficient (Wildman–Crippen LogP) is 5.40. The first-order valence-corrected chi connectivity index (χ1v) is 9.60. The van der Waals surface area contributed by atoms with E-state index in [1.54, 1.807) is 0 Å². The van der Waals surface area contributed by atoms with E-state index in [-0.39, 0.29) is 0 Å². The number of hydrogen-bond donors (Lipinski definition) is 0. The Balaban J connectivity index is 1.74. The predicted molar refractivity (Wildman–Crippen MR) is 90.4 cm³/mol. The van der Waals surface area contributed by atoms with Gasteiger partial charge in [0, 0.05) is 6.42 Å². The first-order valence-electron chi connectivity index (χ1n) is 9.60. The van der Waals surface area contributed by atoms with Crippen molar-refractivity contribution in [1.82, 2.24) is 0 Å². The van der Waals surface area contributed by atoms with Gasteiger partial charge in [-0.25, -0.2) is 0 Å². The van der Waals surface area contributed by atoms with Gasteiger partial charge in [-0.1, -0.05) is 33.3 Å². The molecule has 22 heavy (non-hydrogen) atoms. The molecule has 122 valence electrons. The summed E-state index contributed by atoms with van der Waals surface area (Å²) in [7, 11) is 0. The van der Waals surface area contributed by atoms with Crippen LogP contribution in [0, 0.1) is 40.4 Å². The molecule has 0 bridgehead atoms. The molecular weight excluding hydrogens is 268 g/mol. The monoisotopic (exact) mass is 300 g/mol. The molecule has 0 aromatic heterocycles. The maximum atomic E-state index is 11.9. The minimum Gasteiger partial charge on any atom is -0.295 e. The van der Waals surface area contributed by atoms with Crippen LogP contribution in [0.25, 0.3) is 0 Å². The highest BCUT2D eigenvalue weighted by Crippen LogP contribution is 2.67. The summed E-state index contributed by atoms with van der Waals surface area (Å²) in [5.41, 5.74) is 2.43. The first kappa shape index (κ1) is 15.0. The lowest BCUT2D eigenvalue weighted by atomic mass is 9.45. The molecule has 4 aliphatic carbocycles. The van der Waals surface area contributed by atoms with Gasteiger partial charge in [-0.15, -0.1) is 0 Å². The van der Waals surface area contributed by atoms with Crippen LogP contribution < -0.4 is 0 Å². The largest absolute Gasteiger partial charge is 0.295 e. The molecular formula is C21H32O. The van der Waals surface area contributed by atoms with E-state index in [2.05, 4.69) is 27.7 Å². The highest BCUT2D eigenvalue weighted by atomic mass is 16.1. The summed E-state index contributed by atoms with van der Waals surface area (Å²) in [5, 5.41) is 0. The van der Waals surface area contributed by atoms with Gasteiger partial charge in [0.05, 0.1) is 0 Å². The number of carbonyl (C=O) groups is 1. The first-order chi connectivity index (χ1) is 10.4. The smallest absolute Gasteiger partial charge is 0.155 e. The van der Waals surface area contributed by atoms with Crippen LogP contribution in [0.2, 0.25) is 0 Å². The molecule has 0 aromatic rings. The van der Waals surface area contributed by atoms with Crippen molar-refractivity contribution in [3.8, 4) is 0 Å². The van der Waals surface area contributed by atoms with Crippen molar-refractivity contribution >= 4 is 5.78 Å². The molecule has 0 N–H and O–H groups in total. The zero-order valence-electron chi connectivity index (χ0n) is 14.8. The summed E-state index contributed by atoms with van der Waals surface area (Å²) in [4.78, 5) is 11.9. The Kier molecular flexibility index (Phi) is 3.20. The summed E-state index contributed by atoms with van der Waals surface area (Å²) >= 11 is 0. The second kappa shape index (κ2) is 4.71. The van der Waals surface area contributed by atoms with Crippen LogP contribution in [0.4, 0.5) is 0 Å². The Morgan fingerprint density at radius 2 is 1.82 bits per heavy atom. The van der Waals surface area contributed by atoms with Crippen LogP contribution in [0.5, 0.6) is 0 Å². The van der Waals surface area contributed by atoms with Gasteiger partial charge in [0.15, 0.2) is 5.78 Å². The fourth-order valence-corrected chi connectivity index (χ4v) is 7.17. The van der Waals surface area contributed by atoms with Crippen LogP contribution in [-0.4, -0.2) is 5.78 Å². The third-order valence-corrected chi connectivity index (χ3v) is 8.78. The van der Waals surface area contributed by atoms with Crippen molar-refractivity contribution in [1.29, 1.82) is 0 Å². The minimum atomic E-state index is 0.332. The number of fused-ring (bicyclic) bond motifs is 5. The number of carbonyl (C=O) groups excluding carboxylic acids is 1. The van der Waals surface area contributed by atoms with Crippen molar-refractivity contribution in [2.45, 2.75) is 72.6 Å². The van der Waals surface area contributed by atoms with Crippen molar-refractivity contribution in [3.05, 3.63) is 11.6 Å². The van der Waals surface area contributed by atoms with Gasteiger partial charge in [0.25, 0.3) is 0 Å². The third kappa shape index (κ3) is 1.80. The molecule has 3 saturated carbocycles. The summed E-state index contributed by atoms with van der Waals surface area (Å²) in [6.07, 6.45) is 10.8. The van der Waals surface area contributed by atoms with Gasteiger partial charge in [-0.2, -0.15) is 0 Å². The van der Waals surface area contributed by atoms with Crippen molar-refractivity contribution in [2.75, 3.05) is 0 Å². The molecule has 4 rings (SSSR count). The number of ketones is 1. The van der Waals surface area contributed by atoms with Crippen LogP contribution in [0.15, 0.2) is 11.6 Å². The molecule has 7 atom stereocenters. The average Bonchev–Trinajstić information content (AvgIpc) is 2.77. The topological polar surface area (TPSA) is 17.1 Å². The van der Waals surface area contributed by atoms with E-state index in [9.17, 15) is 4.79 Å². The maximum absolute atomic E-state index is 11.9. The van der Waals surface area contributed by atoms with Gasteiger partial charge < -0.3 is 0 Å². The molecule has 0 saturated heterocycles. The molecule has 0 heterocycles. The summed E-state index contributed by atoms with van der Waals surface area (Å²) in [6.45, 7) is 10.1. The average molecular weight is 300 g/mol. The standard InChI is InChI=1S/C21H32O/c1-13-11-15-12-16(22)7-9-21(15,4)18-8-10-20(3)14(2)5-6-17(20)19(13)18/h12-14,17-19H,5-11H2,1-4H3/t13-,14?,17?,18?,19?,20+,21?/m0/s1. The third-order valence-electron chi connectivity index (χ3n) is 8.78. The van der Waals surface area contributed by atoms with Gasteiger partial charge in [0.2, 0.25) is 0 Å². The molecule has 3 fully saturated rings. The van der Waals surface area contributed by atoms with E-state index in [0.29, 0.717) is 16.6 Å². The Morgan fingerprint density at radius 1 is 1.05 bits per heavy atom. The van der Waals surface area contributed by atoms with E-state index >= 15 is 0 Å². The molecule has 5 unspecified atom stereocenters. The zero-order chi connectivity index (χ0) is 15.7. The maximum Gasteiger partial charge on any atom is 0.155 e. The van der Waals surface area contributed by atoms with Gasteiger partial charge in [-0.3, -0.25) is 4.79 Å². The molecule has 4 aliphatic rings. The molecule has 0 aliphatic heterocycles. The molecule has 0 spiro atoms. The van der Waals surface area contributed by atoms with Crippen LogP contribution in [-0.2, 0) is 4.79 Å². The molecule has 0 amide bonds. The van der Waals surface area contributed by atoms with Crippen molar-refractivity contribution < 1.29 is 4.79 Å². The number of rotatable bonds is 0. The highest BCUT2D eigenvalue weighted by molar-refractivity contribution is 5.91. The lowest BCUT2D eigenvalue weighted by Gasteiger charge is -2.60. The van der Waals surface area contributed by atoms with E-state index in [1.165, 1.54) is 37.7 Å². The van der Waals surface area contributed by atoms with Crippen molar-refractivity contribution in [2.24, 2.45) is 40.4 Å². The lowest BCUT2D eigenvalue weighted by molar-refractivity contribution is -0.118. The SMILES string of the molecule is CC1CCC2C3C(CC[C@]12C)C1(C)CCC(=O)C=C1C[C@@H]3C. The van der Waals surface area contributed by atoms with Crippen LogP contribution >= 0.6 is 0 Å². The number of allylic oxidation sites excluding steroid dienone is 1. The van der Waals surface area contributed by atoms with Crippen LogP contribution in [0.1, 0.15) is 72.6 Å². The second-order valence-electron chi connectivity index (χ2n) is 9.55. The highest BCUT2D eigenvalue weighted by Gasteiger charge is 2.59. The summed E-state index contributed by atoms with van der Waals surface area (Å²) in [5.74, 6) is 4.73. The Labute approximate surface area is 135 Å². The van der Waals surface area contributed by atoms with E-state index in [0.717, 1.165) is 42.4 Å². The minimum absolute atomic E-state index is 0.332. The zero-order valence-corrected chi connectivity index (χ0v) is 14.8. The van der Waals surface area contributed by atoms with E-state index in [1.807, 2.05) is 6.08 Å². The van der Waals surface area contributed by atoms with Gasteiger partial charge in [-0.05, 0) is 85.0 Å². The number of hydrogen-bond acceptors (Lipinski definition) is 1. The fourth-order valence-electron chi connectivity index (χ4n) is 7.17. The second-order valence-corrected chi connectivity index (χ2v) is 9.55. The van der Waals surface area contributed by atoms with E-state index in [4.69, 9.17) is 0 Å². The molecule has 1 heteroatoms. The Hall–Kier alpha value is -0.590. The lowest BCUT2D eigenvalue weighted by Crippen LogP contribution is -2.53. The summed E-state index contributed by atoms with van der Waals surface area (Å²) < 4.78 is 0. The quantitative estimate of drug-likeness (QED) is 0.585. The Bertz CT molecular complexity index is 532. The molecule has 0 aromatic carbocycles. The van der Waals surface area contributed by atoms with Gasteiger partial charge in [0.1, 0.15) is 0 Å². The molecule has 0 radical (unpaired) electrons. The Morgan fingerprint density at radius 3 is 2.59 bits per heavy atom. The summed E-state index contributed by atoms with van der Waals surface area (Å²) in [6, 6.07) is 0. The van der Waals surface area contributed by atoms with Gasteiger partial charge >= 0.3 is 0 Å².